The minimum Gasteiger partial charge on any atom is -0.358 e. The third-order valence-electron chi connectivity index (χ3n) is 4.84. The smallest absolute Gasteiger partial charge is 0.255 e. The third-order valence-corrected chi connectivity index (χ3v) is 4.84. The number of fused-ring (bicyclic) bond motifs is 3. The van der Waals surface area contributed by atoms with E-state index in [0.717, 1.165) is 25.1 Å². The van der Waals surface area contributed by atoms with Gasteiger partial charge in [-0.1, -0.05) is 0 Å². The second-order valence-electron chi connectivity index (χ2n) is 6.79. The molecule has 7 heteroatoms. The first-order chi connectivity index (χ1) is 13.0. The molecule has 0 unspecified atom stereocenters. The Balaban J connectivity index is 1.50. The van der Waals surface area contributed by atoms with Gasteiger partial charge in [-0.15, -0.1) is 0 Å². The Kier molecular flexibility index (Phi) is 4.27. The molecule has 2 heterocycles. The van der Waals surface area contributed by atoms with Gasteiger partial charge in [-0.25, -0.2) is 0 Å². The van der Waals surface area contributed by atoms with E-state index in [4.69, 9.17) is 0 Å². The van der Waals surface area contributed by atoms with Crippen LogP contribution in [0.15, 0.2) is 42.5 Å². The van der Waals surface area contributed by atoms with Gasteiger partial charge in [0.05, 0.1) is 11.4 Å². The fourth-order valence-electron chi connectivity index (χ4n) is 3.61. The van der Waals surface area contributed by atoms with E-state index in [1.807, 2.05) is 6.07 Å². The van der Waals surface area contributed by atoms with Gasteiger partial charge >= 0.3 is 0 Å². The number of carbonyl (C=O) groups excluding carboxylic acids is 3. The maximum atomic E-state index is 12.6. The van der Waals surface area contributed by atoms with Crippen molar-refractivity contribution in [3.05, 3.63) is 48.0 Å². The molecule has 1 saturated heterocycles. The van der Waals surface area contributed by atoms with Crippen molar-refractivity contribution in [2.24, 2.45) is 0 Å². The van der Waals surface area contributed by atoms with Crippen LogP contribution in [-0.2, 0) is 9.59 Å². The van der Waals surface area contributed by atoms with Crippen LogP contribution in [-0.4, -0.2) is 30.3 Å². The van der Waals surface area contributed by atoms with E-state index in [0.29, 0.717) is 22.6 Å². The molecular formula is C20H20N4O3. The molecule has 4 rings (SSSR count). The molecule has 2 aromatic rings. The second-order valence-corrected chi connectivity index (χ2v) is 6.79. The number of benzene rings is 2. The average molecular weight is 364 g/mol. The van der Waals surface area contributed by atoms with Crippen LogP contribution in [0.2, 0.25) is 0 Å². The normalized spacial score (nSPS) is 17.6. The van der Waals surface area contributed by atoms with E-state index >= 15 is 0 Å². The van der Waals surface area contributed by atoms with Gasteiger partial charge in [0.15, 0.2) is 0 Å². The maximum Gasteiger partial charge on any atom is 0.255 e. The molecule has 0 saturated carbocycles. The Morgan fingerprint density at radius 3 is 2.48 bits per heavy atom. The Morgan fingerprint density at radius 2 is 1.78 bits per heavy atom. The third kappa shape index (κ3) is 3.36. The summed E-state index contributed by atoms with van der Waals surface area (Å²) in [7, 11) is 0. The van der Waals surface area contributed by atoms with Crippen molar-refractivity contribution in [1.82, 2.24) is 0 Å². The minimum atomic E-state index is -0.261. The fraction of sp³-hybridized carbons (Fsp3) is 0.250. The SMILES string of the molecule is CC(=O)Nc1ccc(NC(=O)c2ccc3c(c2)NC(=O)[C@H]2CCCN32)cc1. The van der Waals surface area contributed by atoms with Gasteiger partial charge in [0.2, 0.25) is 11.8 Å². The zero-order valence-electron chi connectivity index (χ0n) is 14.9. The lowest BCUT2D eigenvalue weighted by Crippen LogP contribution is -2.43. The molecule has 27 heavy (non-hydrogen) atoms. The topological polar surface area (TPSA) is 90.5 Å². The lowest BCUT2D eigenvalue weighted by Gasteiger charge is -2.33. The predicted molar refractivity (Wildman–Crippen MR) is 104 cm³/mol. The molecular weight excluding hydrogens is 344 g/mol. The molecule has 1 atom stereocenters. The molecule has 0 aromatic heterocycles. The van der Waals surface area contributed by atoms with E-state index in [1.165, 1.54) is 6.92 Å². The number of amides is 3. The lowest BCUT2D eigenvalue weighted by atomic mass is 10.1. The van der Waals surface area contributed by atoms with Crippen LogP contribution in [0.25, 0.3) is 0 Å². The lowest BCUT2D eigenvalue weighted by molar-refractivity contribution is -0.117. The number of hydrogen-bond acceptors (Lipinski definition) is 4. The summed E-state index contributed by atoms with van der Waals surface area (Å²) in [5, 5.41) is 8.42. The number of carbonyl (C=O) groups is 3. The molecule has 7 nitrogen and oxygen atoms in total. The summed E-state index contributed by atoms with van der Waals surface area (Å²) in [6, 6.07) is 12.2. The largest absolute Gasteiger partial charge is 0.358 e. The molecule has 1 fully saturated rings. The van der Waals surface area contributed by atoms with Crippen molar-refractivity contribution in [3.63, 3.8) is 0 Å². The Hall–Kier alpha value is -3.35. The van der Waals surface area contributed by atoms with E-state index in [2.05, 4.69) is 20.9 Å². The molecule has 3 amide bonds. The molecule has 0 spiro atoms. The highest BCUT2D eigenvalue weighted by Gasteiger charge is 2.36. The van der Waals surface area contributed by atoms with Crippen molar-refractivity contribution in [2.45, 2.75) is 25.8 Å². The van der Waals surface area contributed by atoms with Gasteiger partial charge in [0.25, 0.3) is 5.91 Å². The van der Waals surface area contributed by atoms with E-state index in [1.54, 1.807) is 36.4 Å². The zero-order valence-corrected chi connectivity index (χ0v) is 14.9. The molecule has 2 aliphatic heterocycles. The van der Waals surface area contributed by atoms with Crippen LogP contribution in [0.1, 0.15) is 30.1 Å². The van der Waals surface area contributed by atoms with E-state index < -0.39 is 0 Å². The van der Waals surface area contributed by atoms with Gasteiger partial charge in [-0.3, -0.25) is 14.4 Å². The van der Waals surface area contributed by atoms with Gasteiger partial charge in [-0.05, 0) is 55.3 Å². The number of hydrogen-bond donors (Lipinski definition) is 3. The summed E-state index contributed by atoms with van der Waals surface area (Å²) in [6.45, 7) is 2.30. The standard InChI is InChI=1S/C20H20N4O3/c1-12(25)21-14-5-7-15(8-6-14)22-19(26)13-4-9-17-16(11-13)23-20(27)18-3-2-10-24(17)18/h4-9,11,18H,2-3,10H2,1H3,(H,21,25)(H,22,26)(H,23,27)/t18-/m1/s1. The minimum absolute atomic E-state index is 0.00822. The van der Waals surface area contributed by atoms with Crippen molar-refractivity contribution in [3.8, 4) is 0 Å². The van der Waals surface area contributed by atoms with Gasteiger partial charge < -0.3 is 20.9 Å². The van der Waals surface area contributed by atoms with Crippen molar-refractivity contribution in [1.29, 1.82) is 0 Å². The number of rotatable bonds is 3. The van der Waals surface area contributed by atoms with Crippen molar-refractivity contribution >= 4 is 40.5 Å². The van der Waals surface area contributed by atoms with Crippen molar-refractivity contribution < 1.29 is 14.4 Å². The molecule has 0 bridgehead atoms. The quantitative estimate of drug-likeness (QED) is 0.781. The Morgan fingerprint density at radius 1 is 1.07 bits per heavy atom. The first-order valence-electron chi connectivity index (χ1n) is 8.92. The first kappa shape index (κ1) is 17.1. The zero-order chi connectivity index (χ0) is 19.0. The summed E-state index contributed by atoms with van der Waals surface area (Å²) in [5.41, 5.74) is 3.39. The number of anilines is 4. The maximum absolute atomic E-state index is 12.6. The van der Waals surface area contributed by atoms with E-state index in [-0.39, 0.29) is 23.8 Å². The average Bonchev–Trinajstić information content (AvgIpc) is 3.13. The molecule has 3 N–H and O–H groups in total. The van der Waals surface area contributed by atoms with Crippen LogP contribution >= 0.6 is 0 Å². The van der Waals surface area contributed by atoms with E-state index in [9.17, 15) is 14.4 Å². The second kappa shape index (κ2) is 6.75. The van der Waals surface area contributed by atoms with Crippen LogP contribution in [0.5, 0.6) is 0 Å². The van der Waals surface area contributed by atoms with Gasteiger partial charge in [-0.2, -0.15) is 0 Å². The summed E-state index contributed by atoms with van der Waals surface area (Å²) >= 11 is 0. The molecule has 2 aromatic carbocycles. The summed E-state index contributed by atoms with van der Waals surface area (Å²) < 4.78 is 0. The van der Waals surface area contributed by atoms with Crippen LogP contribution in [0.4, 0.5) is 22.7 Å². The van der Waals surface area contributed by atoms with Crippen LogP contribution < -0.4 is 20.9 Å². The number of nitrogens with one attached hydrogen (secondary N) is 3. The molecule has 2 aliphatic rings. The fourth-order valence-corrected chi connectivity index (χ4v) is 3.61. The first-order valence-corrected chi connectivity index (χ1v) is 8.92. The molecule has 0 aliphatic carbocycles. The highest BCUT2D eigenvalue weighted by Crippen LogP contribution is 2.37. The monoisotopic (exact) mass is 364 g/mol. The summed E-state index contributed by atoms with van der Waals surface area (Å²) in [6.07, 6.45) is 1.86. The Bertz CT molecular complexity index is 923. The highest BCUT2D eigenvalue weighted by atomic mass is 16.2. The molecule has 0 radical (unpaired) electrons. The van der Waals surface area contributed by atoms with Gasteiger partial charge in [0, 0.05) is 30.4 Å². The summed E-state index contributed by atoms with van der Waals surface area (Å²) in [4.78, 5) is 38.0. The predicted octanol–water partition coefficient (Wildman–Crippen LogP) is 2.82. The van der Waals surface area contributed by atoms with Crippen molar-refractivity contribution in [2.75, 3.05) is 27.4 Å². The Labute approximate surface area is 156 Å². The van der Waals surface area contributed by atoms with Crippen LogP contribution in [0, 0.1) is 0 Å². The van der Waals surface area contributed by atoms with Crippen LogP contribution in [0.3, 0.4) is 0 Å². The van der Waals surface area contributed by atoms with Gasteiger partial charge in [0.1, 0.15) is 6.04 Å². The summed E-state index contributed by atoms with van der Waals surface area (Å²) in [5.74, 6) is -0.419. The molecule has 138 valence electrons. The number of nitrogens with zero attached hydrogens (tertiary/aromatic N) is 1. The highest BCUT2D eigenvalue weighted by molar-refractivity contribution is 6.09.